The lowest BCUT2D eigenvalue weighted by Crippen LogP contribution is -1.97. The summed E-state index contributed by atoms with van der Waals surface area (Å²) in [5.41, 5.74) is 9.72. The quantitative estimate of drug-likeness (QED) is 0.744. The molecule has 2 aromatic heterocycles. The zero-order valence-electron chi connectivity index (χ0n) is 13.5. The van der Waals surface area contributed by atoms with E-state index in [0.29, 0.717) is 11.5 Å². The van der Waals surface area contributed by atoms with Crippen LogP contribution in [0.15, 0.2) is 59.8 Å². The average Bonchev–Trinajstić information content (AvgIpc) is 2.62. The zero-order valence-corrected chi connectivity index (χ0v) is 14.4. The van der Waals surface area contributed by atoms with Gasteiger partial charge in [-0.25, -0.2) is 13.4 Å². The molecule has 25 heavy (non-hydrogen) atoms. The molecule has 0 aliphatic heterocycles. The van der Waals surface area contributed by atoms with Crippen LogP contribution in [0.1, 0.15) is 5.69 Å². The first-order chi connectivity index (χ1) is 11.9. The van der Waals surface area contributed by atoms with E-state index in [2.05, 4.69) is 9.97 Å². The molecule has 3 rings (SSSR count). The second kappa shape index (κ2) is 6.62. The average molecular weight is 355 g/mol. The highest BCUT2D eigenvalue weighted by Gasteiger charge is 2.10. The third-order valence-corrected chi connectivity index (χ3v) is 4.96. The van der Waals surface area contributed by atoms with Crippen molar-refractivity contribution in [3.05, 3.63) is 60.6 Å². The Kier molecular flexibility index (Phi) is 4.52. The van der Waals surface area contributed by atoms with Gasteiger partial charge in [-0.2, -0.15) is 0 Å². The van der Waals surface area contributed by atoms with E-state index < -0.39 is 9.84 Å². The van der Waals surface area contributed by atoms with Crippen molar-refractivity contribution in [3.8, 4) is 22.3 Å². The van der Waals surface area contributed by atoms with E-state index in [9.17, 15) is 8.42 Å². The molecule has 0 unspecified atom stereocenters. The summed E-state index contributed by atoms with van der Waals surface area (Å²) in [6.45, 7) is -0.124. The molecule has 0 aliphatic rings. The van der Waals surface area contributed by atoms with Gasteiger partial charge in [-0.3, -0.25) is 4.98 Å². The van der Waals surface area contributed by atoms with Gasteiger partial charge in [0.1, 0.15) is 5.82 Å². The fourth-order valence-corrected chi connectivity index (χ4v) is 3.07. The summed E-state index contributed by atoms with van der Waals surface area (Å²) in [5, 5.41) is 9.08. The van der Waals surface area contributed by atoms with E-state index in [0.717, 1.165) is 22.3 Å². The molecule has 0 amide bonds. The van der Waals surface area contributed by atoms with E-state index >= 15 is 0 Å². The molecule has 0 radical (unpaired) electrons. The minimum atomic E-state index is -3.23. The SMILES string of the molecule is CS(=O)(=O)c1ccc(-c2cnc(N)c(-c3ccc(CO)nc3)c2)cc1. The molecule has 0 bridgehead atoms. The second-order valence-corrected chi connectivity index (χ2v) is 7.67. The number of nitrogen functional groups attached to an aromatic ring is 1. The Hall–Kier alpha value is -2.77. The van der Waals surface area contributed by atoms with Crippen molar-refractivity contribution in [1.82, 2.24) is 9.97 Å². The number of pyridine rings is 2. The number of hydrogen-bond acceptors (Lipinski definition) is 6. The Labute approximate surface area is 145 Å². The van der Waals surface area contributed by atoms with Crippen molar-refractivity contribution in [3.63, 3.8) is 0 Å². The molecule has 0 saturated heterocycles. The number of nitrogens with zero attached hydrogens (tertiary/aromatic N) is 2. The van der Waals surface area contributed by atoms with Crippen LogP contribution in [0.5, 0.6) is 0 Å². The van der Waals surface area contributed by atoms with Crippen LogP contribution < -0.4 is 5.73 Å². The molecule has 3 aromatic rings. The molecule has 7 heteroatoms. The van der Waals surface area contributed by atoms with Crippen molar-refractivity contribution in [2.24, 2.45) is 0 Å². The molecule has 128 valence electrons. The predicted octanol–water partition coefficient (Wildman–Crippen LogP) is 2.29. The first-order valence-corrected chi connectivity index (χ1v) is 9.40. The van der Waals surface area contributed by atoms with Crippen LogP contribution >= 0.6 is 0 Å². The van der Waals surface area contributed by atoms with Crippen LogP contribution in [0.25, 0.3) is 22.3 Å². The van der Waals surface area contributed by atoms with Crippen molar-refractivity contribution in [1.29, 1.82) is 0 Å². The number of nitrogens with two attached hydrogens (primary N) is 1. The number of hydrogen-bond donors (Lipinski definition) is 2. The number of anilines is 1. The molecule has 0 spiro atoms. The molecule has 0 saturated carbocycles. The van der Waals surface area contributed by atoms with E-state index in [4.69, 9.17) is 10.8 Å². The molecule has 0 fully saturated rings. The van der Waals surface area contributed by atoms with Crippen LogP contribution in [0.2, 0.25) is 0 Å². The molecule has 0 aliphatic carbocycles. The number of aromatic nitrogens is 2. The maximum Gasteiger partial charge on any atom is 0.175 e. The minimum absolute atomic E-state index is 0.124. The summed E-state index contributed by atoms with van der Waals surface area (Å²) >= 11 is 0. The Bertz CT molecular complexity index is 999. The standard InChI is InChI=1S/C18H17N3O3S/c1-25(23,24)16-6-3-12(4-7-16)14-8-17(18(19)21-10-14)13-2-5-15(11-22)20-9-13/h2-10,22H,11H2,1H3,(H2,19,21). The number of benzene rings is 1. The fourth-order valence-electron chi connectivity index (χ4n) is 2.44. The Morgan fingerprint density at radius 3 is 2.16 bits per heavy atom. The Morgan fingerprint density at radius 1 is 0.960 bits per heavy atom. The van der Waals surface area contributed by atoms with Gasteiger partial charge in [-0.05, 0) is 29.8 Å². The maximum absolute atomic E-state index is 11.6. The maximum atomic E-state index is 11.6. The third-order valence-electron chi connectivity index (χ3n) is 3.83. The minimum Gasteiger partial charge on any atom is -0.390 e. The van der Waals surface area contributed by atoms with Gasteiger partial charge in [0.15, 0.2) is 9.84 Å². The number of sulfone groups is 1. The van der Waals surface area contributed by atoms with Crippen LogP contribution in [0, 0.1) is 0 Å². The van der Waals surface area contributed by atoms with Gasteiger partial charge in [0.05, 0.1) is 17.2 Å². The van der Waals surface area contributed by atoms with Gasteiger partial charge in [-0.1, -0.05) is 18.2 Å². The summed E-state index contributed by atoms with van der Waals surface area (Å²) in [6, 6.07) is 12.0. The summed E-state index contributed by atoms with van der Waals surface area (Å²) in [7, 11) is -3.23. The first kappa shape index (κ1) is 17.1. The summed E-state index contributed by atoms with van der Waals surface area (Å²) < 4.78 is 23.1. The van der Waals surface area contributed by atoms with Crippen molar-refractivity contribution in [2.75, 3.05) is 12.0 Å². The Morgan fingerprint density at radius 2 is 1.60 bits per heavy atom. The molecular weight excluding hydrogens is 338 g/mol. The lowest BCUT2D eigenvalue weighted by atomic mass is 10.0. The molecule has 0 atom stereocenters. The monoisotopic (exact) mass is 355 g/mol. The highest BCUT2D eigenvalue weighted by molar-refractivity contribution is 7.90. The lowest BCUT2D eigenvalue weighted by molar-refractivity contribution is 0.277. The van der Waals surface area contributed by atoms with Crippen molar-refractivity contribution < 1.29 is 13.5 Å². The van der Waals surface area contributed by atoms with E-state index in [-0.39, 0.29) is 11.5 Å². The van der Waals surface area contributed by atoms with E-state index in [1.807, 2.05) is 12.1 Å². The molecular formula is C18H17N3O3S. The van der Waals surface area contributed by atoms with E-state index in [1.165, 1.54) is 6.26 Å². The van der Waals surface area contributed by atoms with E-state index in [1.54, 1.807) is 42.7 Å². The molecule has 2 heterocycles. The van der Waals surface area contributed by atoms with Gasteiger partial charge in [0.25, 0.3) is 0 Å². The smallest absolute Gasteiger partial charge is 0.175 e. The van der Waals surface area contributed by atoms with Gasteiger partial charge in [0.2, 0.25) is 0 Å². The van der Waals surface area contributed by atoms with Crippen LogP contribution in [-0.2, 0) is 16.4 Å². The van der Waals surface area contributed by atoms with Gasteiger partial charge in [-0.15, -0.1) is 0 Å². The largest absolute Gasteiger partial charge is 0.390 e. The van der Waals surface area contributed by atoms with Gasteiger partial charge in [0, 0.05) is 35.3 Å². The number of aliphatic hydroxyl groups is 1. The van der Waals surface area contributed by atoms with Crippen molar-refractivity contribution >= 4 is 15.7 Å². The molecule has 6 nitrogen and oxygen atoms in total. The number of rotatable bonds is 4. The second-order valence-electron chi connectivity index (χ2n) is 5.65. The van der Waals surface area contributed by atoms with Gasteiger partial charge >= 0.3 is 0 Å². The highest BCUT2D eigenvalue weighted by atomic mass is 32.2. The number of aliphatic hydroxyl groups excluding tert-OH is 1. The van der Waals surface area contributed by atoms with Gasteiger partial charge < -0.3 is 10.8 Å². The third kappa shape index (κ3) is 3.67. The lowest BCUT2D eigenvalue weighted by Gasteiger charge is -2.09. The first-order valence-electron chi connectivity index (χ1n) is 7.50. The summed E-state index contributed by atoms with van der Waals surface area (Å²) in [4.78, 5) is 8.65. The molecule has 1 aromatic carbocycles. The fraction of sp³-hybridized carbons (Fsp3) is 0.111. The van der Waals surface area contributed by atoms with Crippen LogP contribution in [-0.4, -0.2) is 29.7 Å². The normalized spacial score (nSPS) is 11.4. The summed E-state index contributed by atoms with van der Waals surface area (Å²) in [5.74, 6) is 0.370. The van der Waals surface area contributed by atoms with Crippen LogP contribution in [0.3, 0.4) is 0 Å². The topological polar surface area (TPSA) is 106 Å². The van der Waals surface area contributed by atoms with Crippen molar-refractivity contribution in [2.45, 2.75) is 11.5 Å². The predicted molar refractivity (Wildman–Crippen MR) is 96.3 cm³/mol. The Balaban J connectivity index is 2.01. The van der Waals surface area contributed by atoms with Crippen LogP contribution in [0.4, 0.5) is 5.82 Å². The highest BCUT2D eigenvalue weighted by Crippen LogP contribution is 2.29. The summed E-state index contributed by atoms with van der Waals surface area (Å²) in [6.07, 6.45) is 4.45. The molecule has 3 N–H and O–H groups in total. The zero-order chi connectivity index (χ0) is 18.0.